The quantitative estimate of drug-likeness (QED) is 0.879. The van der Waals surface area contributed by atoms with Crippen LogP contribution in [0, 0.1) is 11.7 Å². The molecule has 1 N–H and O–H groups in total. The van der Waals surface area contributed by atoms with Crippen molar-refractivity contribution in [2.75, 3.05) is 26.7 Å². The third kappa shape index (κ3) is 3.71. The summed E-state index contributed by atoms with van der Waals surface area (Å²) in [7, 11) is 0.820. The van der Waals surface area contributed by atoms with Crippen molar-refractivity contribution in [1.82, 2.24) is 14.5 Å². The van der Waals surface area contributed by atoms with E-state index in [1.54, 1.807) is 12.1 Å². The summed E-state index contributed by atoms with van der Waals surface area (Å²) < 4.78 is 28.7. The highest BCUT2D eigenvalue weighted by molar-refractivity contribution is 7.83. The fourth-order valence-corrected chi connectivity index (χ4v) is 5.09. The first-order valence-corrected chi connectivity index (χ1v) is 10.6. The number of allylic oxidation sites excluding steroid dienone is 3. The summed E-state index contributed by atoms with van der Waals surface area (Å²) in [5.41, 5.74) is 2.32. The molecular weight excluding hydrogens is 349 g/mol. The number of fused-ring (bicyclic) bond motifs is 1. The minimum atomic E-state index is -1.37. The van der Waals surface area contributed by atoms with Gasteiger partial charge in [-0.1, -0.05) is 6.08 Å². The van der Waals surface area contributed by atoms with Crippen molar-refractivity contribution in [3.63, 3.8) is 0 Å². The summed E-state index contributed by atoms with van der Waals surface area (Å²) >= 11 is 0. The summed E-state index contributed by atoms with van der Waals surface area (Å²) in [6.07, 6.45) is 8.97. The van der Waals surface area contributed by atoms with E-state index in [-0.39, 0.29) is 5.82 Å². The first kappa shape index (κ1) is 17.7. The third-order valence-electron chi connectivity index (χ3n) is 5.76. The van der Waals surface area contributed by atoms with Gasteiger partial charge in [0.1, 0.15) is 16.8 Å². The number of nitrogens with zero attached hydrogens (tertiary/aromatic N) is 2. The summed E-state index contributed by atoms with van der Waals surface area (Å²) in [6, 6.07) is 6.45. The van der Waals surface area contributed by atoms with E-state index >= 15 is 0 Å². The zero-order valence-corrected chi connectivity index (χ0v) is 16.0. The van der Waals surface area contributed by atoms with Crippen LogP contribution in [0.3, 0.4) is 0 Å². The molecule has 6 heteroatoms. The number of benzene rings is 1. The van der Waals surface area contributed by atoms with E-state index in [0.29, 0.717) is 16.9 Å². The van der Waals surface area contributed by atoms with Gasteiger partial charge in [0.2, 0.25) is 0 Å². The number of nitrogens with one attached hydrogen (secondary N) is 1. The maximum absolute atomic E-state index is 13.1. The SMILES string of the molecule is CN1CCC(N2CCC3CC=C(NS(=O)c4ccc(F)cc4)C=C32)CC1. The Morgan fingerprint density at radius 1 is 1.12 bits per heavy atom. The molecule has 140 valence electrons. The second-order valence-corrected chi connectivity index (χ2v) is 8.72. The molecule has 1 aromatic rings. The topological polar surface area (TPSA) is 35.6 Å². The summed E-state index contributed by atoms with van der Waals surface area (Å²) in [4.78, 5) is 5.58. The van der Waals surface area contributed by atoms with E-state index in [0.717, 1.165) is 31.8 Å². The smallest absolute Gasteiger partial charge is 0.150 e. The van der Waals surface area contributed by atoms with Crippen LogP contribution < -0.4 is 4.72 Å². The molecule has 2 aliphatic heterocycles. The lowest BCUT2D eigenvalue weighted by atomic mass is 9.95. The average Bonchev–Trinajstić information content (AvgIpc) is 3.06. The normalized spacial score (nSPS) is 25.5. The molecule has 1 aromatic carbocycles. The van der Waals surface area contributed by atoms with Crippen molar-refractivity contribution in [2.24, 2.45) is 5.92 Å². The van der Waals surface area contributed by atoms with Crippen molar-refractivity contribution in [3.8, 4) is 0 Å². The molecule has 0 radical (unpaired) electrons. The molecule has 1 aliphatic carbocycles. The van der Waals surface area contributed by atoms with Crippen molar-refractivity contribution in [3.05, 3.63) is 53.6 Å². The van der Waals surface area contributed by atoms with E-state index in [9.17, 15) is 8.60 Å². The summed E-state index contributed by atoms with van der Waals surface area (Å²) in [6.45, 7) is 3.45. The number of hydrogen-bond donors (Lipinski definition) is 1. The number of halogens is 1. The molecule has 4 rings (SSSR count). The fraction of sp³-hybridized carbons (Fsp3) is 0.500. The molecule has 26 heavy (non-hydrogen) atoms. The van der Waals surface area contributed by atoms with Gasteiger partial charge in [0, 0.05) is 29.9 Å². The summed E-state index contributed by atoms with van der Waals surface area (Å²) in [5.74, 6) is 0.284. The zero-order valence-electron chi connectivity index (χ0n) is 15.2. The fourth-order valence-electron chi connectivity index (χ4n) is 4.23. The summed E-state index contributed by atoms with van der Waals surface area (Å²) in [5, 5.41) is 0. The van der Waals surface area contributed by atoms with Crippen molar-refractivity contribution >= 4 is 11.0 Å². The lowest BCUT2D eigenvalue weighted by Crippen LogP contribution is -2.42. The van der Waals surface area contributed by atoms with Gasteiger partial charge in [0.25, 0.3) is 0 Å². The Hall–Kier alpha value is -1.66. The molecule has 0 amide bonds. The Morgan fingerprint density at radius 3 is 2.58 bits per heavy atom. The highest BCUT2D eigenvalue weighted by Crippen LogP contribution is 2.38. The van der Waals surface area contributed by atoms with Crippen LogP contribution in [0.1, 0.15) is 25.7 Å². The number of rotatable bonds is 4. The van der Waals surface area contributed by atoms with E-state index in [1.165, 1.54) is 37.1 Å². The Labute approximate surface area is 157 Å². The molecule has 0 aromatic heterocycles. The van der Waals surface area contributed by atoms with Crippen LogP contribution in [-0.4, -0.2) is 46.7 Å². The maximum Gasteiger partial charge on any atom is 0.150 e. The molecule has 2 saturated heterocycles. The number of piperidine rings is 1. The molecule has 2 unspecified atom stereocenters. The molecule has 2 fully saturated rings. The minimum absolute atomic E-state index is 0.313. The van der Waals surface area contributed by atoms with Gasteiger partial charge in [-0.2, -0.15) is 0 Å². The van der Waals surface area contributed by atoms with Crippen LogP contribution in [0.5, 0.6) is 0 Å². The molecule has 4 nitrogen and oxygen atoms in total. The first-order valence-electron chi connectivity index (χ1n) is 9.41. The van der Waals surface area contributed by atoms with Crippen LogP contribution in [0.2, 0.25) is 0 Å². The highest BCUT2D eigenvalue weighted by Gasteiger charge is 2.34. The van der Waals surface area contributed by atoms with Gasteiger partial charge in [0.15, 0.2) is 0 Å². The second-order valence-electron chi connectivity index (χ2n) is 7.50. The Morgan fingerprint density at radius 2 is 1.85 bits per heavy atom. The van der Waals surface area contributed by atoms with Crippen molar-refractivity contribution < 1.29 is 8.60 Å². The van der Waals surface area contributed by atoms with Crippen LogP contribution in [0.15, 0.2) is 52.7 Å². The van der Waals surface area contributed by atoms with E-state index in [4.69, 9.17) is 0 Å². The first-order chi connectivity index (χ1) is 12.6. The van der Waals surface area contributed by atoms with Gasteiger partial charge >= 0.3 is 0 Å². The Kier molecular flexibility index (Phi) is 5.14. The van der Waals surface area contributed by atoms with Gasteiger partial charge in [0.05, 0.1) is 4.90 Å². The standard InChI is InChI=1S/C20H26FN3OS/c1-23-11-9-18(10-12-23)24-13-8-15-2-5-17(14-20(15)24)22-26(25)19-6-3-16(21)4-7-19/h3-7,14-15,18,22H,2,8-13H2,1H3. The molecule has 0 saturated carbocycles. The number of likely N-dealkylation sites (tertiary alicyclic amines) is 2. The molecule has 2 heterocycles. The maximum atomic E-state index is 13.1. The van der Waals surface area contributed by atoms with Crippen molar-refractivity contribution in [1.29, 1.82) is 0 Å². The second kappa shape index (κ2) is 7.53. The lowest BCUT2D eigenvalue weighted by Gasteiger charge is -2.38. The predicted molar refractivity (Wildman–Crippen MR) is 102 cm³/mol. The van der Waals surface area contributed by atoms with Crippen LogP contribution in [0.4, 0.5) is 4.39 Å². The molecular formula is C20H26FN3OS. The molecule has 3 aliphatic rings. The zero-order chi connectivity index (χ0) is 18.1. The van der Waals surface area contributed by atoms with Gasteiger partial charge in [-0.05, 0) is 76.2 Å². The monoisotopic (exact) mass is 375 g/mol. The highest BCUT2D eigenvalue weighted by atomic mass is 32.2. The Bertz CT molecular complexity index is 738. The molecule has 0 spiro atoms. The third-order valence-corrected chi connectivity index (χ3v) is 6.88. The number of hydrogen-bond acceptors (Lipinski definition) is 3. The van der Waals surface area contributed by atoms with Crippen LogP contribution in [-0.2, 0) is 11.0 Å². The van der Waals surface area contributed by atoms with Crippen LogP contribution >= 0.6 is 0 Å². The molecule has 2 atom stereocenters. The lowest BCUT2D eigenvalue weighted by molar-refractivity contribution is 0.162. The van der Waals surface area contributed by atoms with E-state index < -0.39 is 11.0 Å². The van der Waals surface area contributed by atoms with E-state index in [1.807, 2.05) is 0 Å². The van der Waals surface area contributed by atoms with Crippen molar-refractivity contribution in [2.45, 2.75) is 36.6 Å². The largest absolute Gasteiger partial charge is 0.371 e. The van der Waals surface area contributed by atoms with Gasteiger partial charge < -0.3 is 14.5 Å². The van der Waals surface area contributed by atoms with Gasteiger partial charge in [-0.25, -0.2) is 8.60 Å². The van der Waals surface area contributed by atoms with Gasteiger partial charge in [-0.3, -0.25) is 0 Å². The predicted octanol–water partition coefficient (Wildman–Crippen LogP) is 3.03. The molecule has 0 bridgehead atoms. The Balaban J connectivity index is 1.45. The van der Waals surface area contributed by atoms with Gasteiger partial charge in [-0.15, -0.1) is 0 Å². The van der Waals surface area contributed by atoms with Crippen LogP contribution in [0.25, 0.3) is 0 Å². The van der Waals surface area contributed by atoms with E-state index in [2.05, 4.69) is 33.7 Å². The average molecular weight is 376 g/mol. The minimum Gasteiger partial charge on any atom is -0.371 e.